The second kappa shape index (κ2) is 13.2. The number of hydrogen-bond acceptors (Lipinski definition) is 6. The predicted octanol–water partition coefficient (Wildman–Crippen LogP) is 2.58. The zero-order valence-electron chi connectivity index (χ0n) is 22.0. The van der Waals surface area contributed by atoms with Crippen LogP contribution >= 0.6 is 0 Å². The fourth-order valence-corrected chi connectivity index (χ4v) is 4.83. The van der Waals surface area contributed by atoms with E-state index >= 15 is 0 Å². The molecule has 6 rings (SSSR count). The molecule has 4 bridgehead atoms. The molecule has 9 heteroatoms. The minimum Gasteiger partial charge on any atom is -0.378 e. The molecule has 3 aromatic rings. The number of rotatable bonds is 0. The fraction of sp³-hybridized carbons (Fsp3) is 0.400. The molecule has 0 aliphatic carbocycles. The van der Waals surface area contributed by atoms with Gasteiger partial charge in [0.25, 0.3) is 5.91 Å². The number of carbonyl (C=O) groups excluding carboxylic acids is 2. The van der Waals surface area contributed by atoms with E-state index in [-0.39, 0.29) is 24.5 Å². The van der Waals surface area contributed by atoms with Crippen molar-refractivity contribution in [2.24, 2.45) is 0 Å². The van der Waals surface area contributed by atoms with Gasteiger partial charge in [-0.25, -0.2) is 4.68 Å². The van der Waals surface area contributed by atoms with Crippen molar-refractivity contribution in [3.63, 3.8) is 0 Å². The number of nitrogens with one attached hydrogen (secondary N) is 1. The van der Waals surface area contributed by atoms with E-state index in [1.54, 1.807) is 16.8 Å². The molecule has 3 aliphatic rings. The highest BCUT2D eigenvalue weighted by molar-refractivity contribution is 5.94. The number of fused-ring (bicyclic) bond motifs is 12. The van der Waals surface area contributed by atoms with E-state index in [9.17, 15) is 9.59 Å². The van der Waals surface area contributed by atoms with E-state index in [0.29, 0.717) is 62.7 Å². The first kappa shape index (κ1) is 26.6. The number of amides is 2. The van der Waals surface area contributed by atoms with Gasteiger partial charge < -0.3 is 19.7 Å². The normalized spacial score (nSPS) is 19.3. The quantitative estimate of drug-likeness (QED) is 0.452. The van der Waals surface area contributed by atoms with E-state index in [4.69, 9.17) is 9.47 Å². The van der Waals surface area contributed by atoms with Crippen LogP contribution < -0.4 is 5.32 Å². The van der Waals surface area contributed by atoms with E-state index in [1.807, 2.05) is 47.4 Å². The number of nitrogens with zero attached hydrogens (tertiary/aromatic N) is 4. The summed E-state index contributed by atoms with van der Waals surface area (Å²) in [6.45, 7) is 3.08. The van der Waals surface area contributed by atoms with Crippen molar-refractivity contribution in [2.75, 3.05) is 32.9 Å². The lowest BCUT2D eigenvalue weighted by Crippen LogP contribution is -2.38. The van der Waals surface area contributed by atoms with E-state index in [1.165, 1.54) is 0 Å². The Morgan fingerprint density at radius 3 is 2.62 bits per heavy atom. The Kier molecular flexibility index (Phi) is 8.99. The van der Waals surface area contributed by atoms with E-state index in [0.717, 1.165) is 30.5 Å². The fourth-order valence-electron chi connectivity index (χ4n) is 4.83. The molecule has 1 saturated heterocycles. The van der Waals surface area contributed by atoms with Crippen LogP contribution in [0.4, 0.5) is 0 Å². The van der Waals surface area contributed by atoms with Crippen molar-refractivity contribution in [1.82, 2.24) is 25.2 Å². The number of carbonyl (C=O) groups is 2. The Bertz CT molecular complexity index is 1330. The maximum Gasteiger partial charge on any atom is 0.251 e. The number of hydrogen-bond donors (Lipinski definition) is 1. The molecular weight excluding hydrogens is 494 g/mol. The topological polar surface area (TPSA) is 98.6 Å². The van der Waals surface area contributed by atoms with Crippen LogP contribution in [0.1, 0.15) is 52.1 Å². The molecule has 2 aromatic carbocycles. The van der Waals surface area contributed by atoms with Gasteiger partial charge in [-0.3, -0.25) is 9.59 Å². The first-order valence-electron chi connectivity index (χ1n) is 13.5. The van der Waals surface area contributed by atoms with Crippen molar-refractivity contribution < 1.29 is 19.1 Å². The summed E-state index contributed by atoms with van der Waals surface area (Å²) in [5.41, 5.74) is 3.85. The highest BCUT2D eigenvalue weighted by Gasteiger charge is 2.28. The van der Waals surface area contributed by atoms with Crippen molar-refractivity contribution >= 4 is 11.8 Å². The Balaban J connectivity index is 1.32. The van der Waals surface area contributed by atoms with Gasteiger partial charge in [0.1, 0.15) is 11.4 Å². The van der Waals surface area contributed by atoms with Crippen LogP contribution in [0.5, 0.6) is 0 Å². The largest absolute Gasteiger partial charge is 0.378 e. The van der Waals surface area contributed by atoms with Gasteiger partial charge in [0.2, 0.25) is 5.91 Å². The maximum atomic E-state index is 13.0. The molecule has 202 valence electrons. The smallest absolute Gasteiger partial charge is 0.251 e. The summed E-state index contributed by atoms with van der Waals surface area (Å²) in [7, 11) is 0. The number of ether oxygens (including phenoxy) is 2. The molecule has 0 saturated carbocycles. The highest BCUT2D eigenvalue weighted by Crippen LogP contribution is 2.20. The molecule has 3 aliphatic heterocycles. The average Bonchev–Trinajstić information content (AvgIpc) is 3.59. The van der Waals surface area contributed by atoms with Crippen LogP contribution in [-0.2, 0) is 33.8 Å². The van der Waals surface area contributed by atoms with Gasteiger partial charge in [0, 0.05) is 30.6 Å². The third-order valence-electron chi connectivity index (χ3n) is 6.97. The summed E-state index contributed by atoms with van der Waals surface area (Å²) in [4.78, 5) is 27.5. The molecule has 1 fully saturated rings. The number of aromatic nitrogens is 3. The summed E-state index contributed by atoms with van der Waals surface area (Å²) in [5.74, 6) is 6.38. The molecule has 2 amide bonds. The summed E-state index contributed by atoms with van der Waals surface area (Å²) in [6.07, 6.45) is 2.94. The SMILES string of the molecule is O=C1NCCOCCn2nnc(c2C#Cc2ccccc2)COC[C@H]2CCCN2C(=O)CCc2ccc1cc2. The zero-order chi connectivity index (χ0) is 26.9. The molecule has 1 N–H and O–H groups in total. The van der Waals surface area contributed by atoms with Crippen LogP contribution in [0.2, 0.25) is 0 Å². The van der Waals surface area contributed by atoms with Crippen molar-refractivity contribution in [2.45, 2.75) is 44.9 Å². The number of aryl methyl sites for hydroxylation is 1. The summed E-state index contributed by atoms with van der Waals surface area (Å²) >= 11 is 0. The van der Waals surface area contributed by atoms with Crippen LogP contribution in [0.3, 0.4) is 0 Å². The second-order valence-corrected chi connectivity index (χ2v) is 9.69. The Morgan fingerprint density at radius 1 is 0.923 bits per heavy atom. The molecule has 9 nitrogen and oxygen atoms in total. The molecular formula is C30H33N5O4. The highest BCUT2D eigenvalue weighted by atomic mass is 16.5. The van der Waals surface area contributed by atoms with Crippen LogP contribution in [-0.4, -0.2) is 70.7 Å². The molecule has 0 radical (unpaired) electrons. The van der Waals surface area contributed by atoms with E-state index < -0.39 is 0 Å². The van der Waals surface area contributed by atoms with Crippen LogP contribution in [0, 0.1) is 11.8 Å². The average molecular weight is 528 g/mol. The van der Waals surface area contributed by atoms with Gasteiger partial charge in [-0.1, -0.05) is 41.5 Å². The minimum atomic E-state index is -0.150. The predicted molar refractivity (Wildman–Crippen MR) is 145 cm³/mol. The van der Waals surface area contributed by atoms with E-state index in [2.05, 4.69) is 27.5 Å². The van der Waals surface area contributed by atoms with Crippen molar-refractivity contribution in [1.29, 1.82) is 0 Å². The third-order valence-corrected chi connectivity index (χ3v) is 6.97. The van der Waals surface area contributed by atoms with Gasteiger partial charge in [-0.05, 0) is 55.0 Å². The third kappa shape index (κ3) is 7.11. The van der Waals surface area contributed by atoms with Crippen LogP contribution in [0.25, 0.3) is 0 Å². The molecule has 1 atom stereocenters. The summed E-state index contributed by atoms with van der Waals surface area (Å²) in [5, 5.41) is 11.5. The second-order valence-electron chi connectivity index (χ2n) is 9.69. The van der Waals surface area contributed by atoms with Gasteiger partial charge in [-0.15, -0.1) is 5.10 Å². The zero-order valence-corrected chi connectivity index (χ0v) is 22.0. The molecule has 4 heterocycles. The Morgan fingerprint density at radius 2 is 1.77 bits per heavy atom. The van der Waals surface area contributed by atoms with Crippen LogP contribution in [0.15, 0.2) is 54.6 Å². The monoisotopic (exact) mass is 527 g/mol. The molecule has 0 unspecified atom stereocenters. The summed E-state index contributed by atoms with van der Waals surface area (Å²) < 4.78 is 13.6. The summed E-state index contributed by atoms with van der Waals surface area (Å²) in [6, 6.07) is 17.2. The Hall–Kier alpha value is -4.00. The molecule has 39 heavy (non-hydrogen) atoms. The lowest BCUT2D eigenvalue weighted by atomic mass is 10.1. The maximum absolute atomic E-state index is 13.0. The first-order chi connectivity index (χ1) is 19.2. The van der Waals surface area contributed by atoms with Gasteiger partial charge in [0.15, 0.2) is 0 Å². The van der Waals surface area contributed by atoms with Gasteiger partial charge >= 0.3 is 0 Å². The molecule has 0 spiro atoms. The lowest BCUT2D eigenvalue weighted by molar-refractivity contribution is -0.133. The standard InChI is InChI=1S/C30H33N5O4/c36-29-15-11-24-8-12-25(13-9-24)30(37)31-16-19-38-20-18-35-28(14-10-23-5-2-1-3-6-23)27(32-33-35)22-39-21-26-7-4-17-34(26)29/h1-3,5-6,8-9,12-13,26H,4,7,11,15-22H2,(H,31,37)/t26-/m1/s1. The minimum absolute atomic E-state index is 0.0451. The van der Waals surface area contributed by atoms with Crippen molar-refractivity contribution in [3.05, 3.63) is 82.7 Å². The molecule has 1 aromatic heterocycles. The van der Waals surface area contributed by atoms with Crippen molar-refractivity contribution in [3.8, 4) is 11.8 Å². The first-order valence-corrected chi connectivity index (χ1v) is 13.5. The van der Waals surface area contributed by atoms with Gasteiger partial charge in [-0.2, -0.15) is 0 Å². The van der Waals surface area contributed by atoms with Gasteiger partial charge in [0.05, 0.1) is 39.0 Å². The number of benzene rings is 2. The Labute approximate surface area is 228 Å². The lowest BCUT2D eigenvalue weighted by Gasteiger charge is -2.24.